The van der Waals surface area contributed by atoms with Crippen molar-refractivity contribution in [1.82, 2.24) is 24.1 Å². The summed E-state index contributed by atoms with van der Waals surface area (Å²) in [5, 5.41) is 16.3. The summed E-state index contributed by atoms with van der Waals surface area (Å²) >= 11 is 0. The molecule has 0 aliphatic carbocycles. The molecule has 0 saturated heterocycles. The number of fused-ring (bicyclic) bond motifs is 10. The molecule has 0 unspecified atom stereocenters. The number of hydrogen-bond donors (Lipinski definition) is 0. The van der Waals surface area contributed by atoms with Gasteiger partial charge in [0, 0.05) is 54.7 Å². The van der Waals surface area contributed by atoms with E-state index in [0.717, 1.165) is 93.5 Å². The van der Waals surface area contributed by atoms with Crippen LogP contribution in [0.4, 0.5) is 0 Å². The van der Waals surface area contributed by atoms with Gasteiger partial charge in [0.15, 0.2) is 11.6 Å². The van der Waals surface area contributed by atoms with Crippen LogP contribution in [0.5, 0.6) is 0 Å². The Balaban J connectivity index is 1.25. The van der Waals surface area contributed by atoms with Crippen molar-refractivity contribution in [3.63, 3.8) is 0 Å². The first-order valence-corrected chi connectivity index (χ1v) is 19.5. The number of rotatable bonds is 5. The molecule has 8 aromatic carbocycles. The van der Waals surface area contributed by atoms with Crippen molar-refractivity contribution >= 4 is 65.6 Å². The fraction of sp³-hybridized carbons (Fsp3) is 0. The molecule has 12 aromatic rings. The van der Waals surface area contributed by atoms with Crippen LogP contribution < -0.4 is 0 Å². The standard InChI is InChI=1S/C52H30N6O/c53-31-32-14-13-19-35(28-32)42-29-36(30-43-39-22-9-12-25-46(39)59-49(42)43)57-44-23-10-7-20-37(44)40-26-27-41-38-21-8-11-24-45(38)58(48(41)47(40)57)52-55-50(33-15-3-1-4-16-33)54-51(56-52)34-17-5-2-6-18-34/h1-30H. The minimum absolute atomic E-state index is 0.526. The van der Waals surface area contributed by atoms with Crippen LogP contribution in [0.1, 0.15) is 5.56 Å². The predicted molar refractivity (Wildman–Crippen MR) is 237 cm³/mol. The van der Waals surface area contributed by atoms with Crippen LogP contribution >= 0.6 is 0 Å². The van der Waals surface area contributed by atoms with E-state index >= 15 is 0 Å². The number of hydrogen-bond acceptors (Lipinski definition) is 5. The van der Waals surface area contributed by atoms with Crippen molar-refractivity contribution in [3.05, 3.63) is 188 Å². The molecule has 0 fully saturated rings. The lowest BCUT2D eigenvalue weighted by Crippen LogP contribution is -2.07. The van der Waals surface area contributed by atoms with E-state index in [9.17, 15) is 5.26 Å². The second kappa shape index (κ2) is 12.8. The van der Waals surface area contributed by atoms with Crippen LogP contribution in [0.2, 0.25) is 0 Å². The molecule has 59 heavy (non-hydrogen) atoms. The summed E-state index contributed by atoms with van der Waals surface area (Å²) in [6.45, 7) is 0. The van der Waals surface area contributed by atoms with Crippen molar-refractivity contribution in [2.75, 3.05) is 0 Å². The van der Waals surface area contributed by atoms with Gasteiger partial charge in [-0.05, 0) is 48.0 Å². The smallest absolute Gasteiger partial charge is 0.238 e. The highest BCUT2D eigenvalue weighted by molar-refractivity contribution is 6.24. The Morgan fingerprint density at radius 3 is 1.66 bits per heavy atom. The van der Waals surface area contributed by atoms with Crippen molar-refractivity contribution < 1.29 is 4.42 Å². The van der Waals surface area contributed by atoms with E-state index in [1.807, 2.05) is 103 Å². The SMILES string of the molecule is N#Cc1cccc(-c2cc(-n3c4ccccc4c4ccc5c6ccccc6n(-c6nc(-c7ccccc7)nc(-c7ccccc7)n6)c5c43)cc3c2oc2ccccc23)c1. The lowest BCUT2D eigenvalue weighted by molar-refractivity contribution is 0.670. The van der Waals surface area contributed by atoms with E-state index in [0.29, 0.717) is 23.2 Å². The normalized spacial score (nSPS) is 11.7. The summed E-state index contributed by atoms with van der Waals surface area (Å²) in [5.74, 6) is 1.71. The Labute approximate surface area is 337 Å². The lowest BCUT2D eigenvalue weighted by atomic mass is 9.99. The molecule has 4 aromatic heterocycles. The second-order valence-electron chi connectivity index (χ2n) is 14.7. The monoisotopic (exact) mass is 754 g/mol. The third-order valence-corrected chi connectivity index (χ3v) is 11.4. The molecule has 0 radical (unpaired) electrons. The Morgan fingerprint density at radius 1 is 0.441 bits per heavy atom. The summed E-state index contributed by atoms with van der Waals surface area (Å²) in [5.41, 5.74) is 10.8. The highest BCUT2D eigenvalue weighted by atomic mass is 16.3. The molecule has 4 heterocycles. The van der Waals surface area contributed by atoms with E-state index in [2.05, 4.69) is 94.1 Å². The van der Waals surface area contributed by atoms with Gasteiger partial charge < -0.3 is 8.98 Å². The highest BCUT2D eigenvalue weighted by Gasteiger charge is 2.25. The minimum Gasteiger partial charge on any atom is -0.455 e. The Kier molecular flexibility index (Phi) is 7.16. The molecule has 7 heteroatoms. The summed E-state index contributed by atoms with van der Waals surface area (Å²) < 4.78 is 11.2. The average Bonchev–Trinajstić information content (AvgIpc) is 3.97. The Hall–Kier alpha value is -8.34. The molecule has 274 valence electrons. The molecule has 0 amide bonds. The molecule has 0 aliphatic rings. The van der Waals surface area contributed by atoms with Crippen LogP contribution in [-0.2, 0) is 0 Å². The van der Waals surface area contributed by atoms with Gasteiger partial charge in [-0.15, -0.1) is 0 Å². The molecule has 7 nitrogen and oxygen atoms in total. The van der Waals surface area contributed by atoms with Gasteiger partial charge in [0.25, 0.3) is 0 Å². The zero-order valence-corrected chi connectivity index (χ0v) is 31.4. The Bertz CT molecular complexity index is 3630. The molecule has 12 rings (SSSR count). The maximum Gasteiger partial charge on any atom is 0.238 e. The highest BCUT2D eigenvalue weighted by Crippen LogP contribution is 2.44. The second-order valence-corrected chi connectivity index (χ2v) is 14.7. The van der Waals surface area contributed by atoms with Crippen molar-refractivity contribution in [3.8, 4) is 51.6 Å². The van der Waals surface area contributed by atoms with Crippen LogP contribution in [0.3, 0.4) is 0 Å². The number of para-hydroxylation sites is 3. The van der Waals surface area contributed by atoms with Gasteiger partial charge >= 0.3 is 0 Å². The fourth-order valence-corrected chi connectivity index (χ4v) is 8.79. The van der Waals surface area contributed by atoms with E-state index in [1.54, 1.807) is 0 Å². The van der Waals surface area contributed by atoms with Gasteiger partial charge in [0.2, 0.25) is 5.95 Å². The van der Waals surface area contributed by atoms with Crippen LogP contribution in [0, 0.1) is 11.3 Å². The third kappa shape index (κ3) is 5.04. The van der Waals surface area contributed by atoms with Crippen molar-refractivity contribution in [2.45, 2.75) is 0 Å². The average molecular weight is 755 g/mol. The summed E-state index contributed by atoms with van der Waals surface area (Å²) in [7, 11) is 0. The van der Waals surface area contributed by atoms with Gasteiger partial charge in [-0.3, -0.25) is 4.57 Å². The number of furan rings is 1. The minimum atomic E-state index is 0.526. The predicted octanol–water partition coefficient (Wildman–Crippen LogP) is 12.8. The van der Waals surface area contributed by atoms with E-state index in [1.165, 1.54) is 0 Å². The topological polar surface area (TPSA) is 85.5 Å². The quantitative estimate of drug-likeness (QED) is 0.175. The molecule has 0 atom stereocenters. The summed E-state index contributed by atoms with van der Waals surface area (Å²) in [6, 6.07) is 64.4. The van der Waals surface area contributed by atoms with Gasteiger partial charge in [0.1, 0.15) is 11.2 Å². The summed E-state index contributed by atoms with van der Waals surface area (Å²) in [6.07, 6.45) is 0. The first-order chi connectivity index (χ1) is 29.2. The first-order valence-electron chi connectivity index (χ1n) is 19.5. The summed E-state index contributed by atoms with van der Waals surface area (Å²) in [4.78, 5) is 15.6. The number of nitriles is 1. The molecule has 0 saturated carbocycles. The zero-order chi connectivity index (χ0) is 39.0. The zero-order valence-electron chi connectivity index (χ0n) is 31.4. The van der Waals surface area contributed by atoms with Gasteiger partial charge in [-0.1, -0.05) is 140 Å². The number of nitrogens with zero attached hydrogens (tertiary/aromatic N) is 6. The number of aromatic nitrogens is 5. The molecular weight excluding hydrogens is 725 g/mol. The van der Waals surface area contributed by atoms with Gasteiger partial charge in [0.05, 0.1) is 33.7 Å². The largest absolute Gasteiger partial charge is 0.455 e. The van der Waals surface area contributed by atoms with Crippen molar-refractivity contribution in [2.24, 2.45) is 0 Å². The molecule has 0 N–H and O–H groups in total. The lowest BCUT2D eigenvalue weighted by Gasteiger charge is -2.14. The van der Waals surface area contributed by atoms with Crippen LogP contribution in [0.25, 0.3) is 111 Å². The molecule has 0 aliphatic heterocycles. The molecular formula is C52H30N6O. The van der Waals surface area contributed by atoms with E-state index in [-0.39, 0.29) is 0 Å². The first kappa shape index (κ1) is 32.9. The fourth-order valence-electron chi connectivity index (χ4n) is 8.79. The van der Waals surface area contributed by atoms with E-state index in [4.69, 9.17) is 19.4 Å². The Morgan fingerprint density at radius 2 is 1.00 bits per heavy atom. The van der Waals surface area contributed by atoms with Crippen LogP contribution in [0.15, 0.2) is 186 Å². The maximum absolute atomic E-state index is 9.93. The van der Waals surface area contributed by atoms with Gasteiger partial charge in [-0.25, -0.2) is 4.98 Å². The number of benzene rings is 8. The third-order valence-electron chi connectivity index (χ3n) is 11.4. The van der Waals surface area contributed by atoms with Crippen molar-refractivity contribution in [1.29, 1.82) is 5.26 Å². The van der Waals surface area contributed by atoms with E-state index < -0.39 is 0 Å². The van der Waals surface area contributed by atoms with Gasteiger partial charge in [-0.2, -0.15) is 15.2 Å². The maximum atomic E-state index is 9.93. The van der Waals surface area contributed by atoms with Crippen LogP contribution in [-0.4, -0.2) is 24.1 Å². The molecule has 0 bridgehead atoms. The molecule has 0 spiro atoms.